The molecule has 0 aromatic carbocycles. The van der Waals surface area contributed by atoms with Gasteiger partial charge in [-0.2, -0.15) is 0 Å². The van der Waals surface area contributed by atoms with Crippen LogP contribution in [0.25, 0.3) is 0 Å². The van der Waals surface area contributed by atoms with Gasteiger partial charge >= 0.3 is 0 Å². The van der Waals surface area contributed by atoms with Gasteiger partial charge in [-0.05, 0) is 34.9 Å². The second kappa shape index (κ2) is 6.17. The van der Waals surface area contributed by atoms with Crippen molar-refractivity contribution in [2.45, 2.75) is 13.0 Å². The van der Waals surface area contributed by atoms with E-state index >= 15 is 0 Å². The van der Waals surface area contributed by atoms with Crippen LogP contribution >= 0.6 is 0 Å². The van der Waals surface area contributed by atoms with Crippen molar-refractivity contribution < 1.29 is 4.39 Å². The third-order valence-corrected chi connectivity index (χ3v) is 3.13. The summed E-state index contributed by atoms with van der Waals surface area (Å²) in [5.74, 6) is 0.432. The second-order valence-electron chi connectivity index (χ2n) is 4.81. The van der Waals surface area contributed by atoms with E-state index in [1.807, 2.05) is 36.8 Å². The highest BCUT2D eigenvalue weighted by Crippen LogP contribution is 2.11. The predicted octanol–water partition coefficient (Wildman–Crippen LogP) is 3.15. The fraction of sp³-hybridized carbons (Fsp3) is 0.125. The largest absolute Gasteiger partial charge is 0.367 e. The van der Waals surface area contributed by atoms with Gasteiger partial charge in [0.2, 0.25) is 0 Å². The first kappa shape index (κ1) is 13.3. The first-order valence-corrected chi connectivity index (χ1v) is 6.69. The minimum Gasteiger partial charge on any atom is -0.367 e. The summed E-state index contributed by atoms with van der Waals surface area (Å²) in [4.78, 5) is 11.2. The van der Waals surface area contributed by atoms with Crippen LogP contribution in [0.5, 0.6) is 0 Å². The molecule has 0 unspecified atom stereocenters. The van der Waals surface area contributed by atoms with Gasteiger partial charge in [-0.25, -0.2) is 9.37 Å². The molecule has 2 N–H and O–H groups in total. The molecule has 0 aliphatic rings. The van der Waals surface area contributed by atoms with E-state index in [0.717, 1.165) is 23.4 Å². The maximum atomic E-state index is 13.0. The summed E-state index contributed by atoms with van der Waals surface area (Å²) in [6.07, 6.45) is 9.41. The summed E-state index contributed by atoms with van der Waals surface area (Å²) >= 11 is 0. The van der Waals surface area contributed by atoms with E-state index in [4.69, 9.17) is 0 Å². The molecular weight excluding hydrogens is 267 g/mol. The molecule has 0 fully saturated rings. The maximum Gasteiger partial charge on any atom is 0.141 e. The molecule has 106 valence electrons. The number of aromatic amines is 1. The van der Waals surface area contributed by atoms with E-state index in [2.05, 4.69) is 20.3 Å². The van der Waals surface area contributed by atoms with Crippen molar-refractivity contribution >= 4 is 5.82 Å². The van der Waals surface area contributed by atoms with Crippen LogP contribution in [0.15, 0.2) is 55.2 Å². The molecule has 0 bridgehead atoms. The molecule has 0 spiro atoms. The van der Waals surface area contributed by atoms with E-state index in [1.54, 1.807) is 6.20 Å². The van der Waals surface area contributed by atoms with Crippen molar-refractivity contribution in [1.29, 1.82) is 0 Å². The van der Waals surface area contributed by atoms with Gasteiger partial charge in [0.1, 0.15) is 11.6 Å². The Bertz CT molecular complexity index is 693. The molecule has 0 aliphatic carbocycles. The van der Waals surface area contributed by atoms with Crippen LogP contribution in [0.1, 0.15) is 16.7 Å². The molecule has 0 saturated heterocycles. The quantitative estimate of drug-likeness (QED) is 0.756. The molecule has 21 heavy (non-hydrogen) atoms. The van der Waals surface area contributed by atoms with Crippen LogP contribution in [0.2, 0.25) is 0 Å². The minimum absolute atomic E-state index is 0.330. The molecule has 3 heterocycles. The molecule has 4 nitrogen and oxygen atoms in total. The van der Waals surface area contributed by atoms with Gasteiger partial charge in [0, 0.05) is 37.8 Å². The van der Waals surface area contributed by atoms with E-state index in [0.29, 0.717) is 6.54 Å². The molecule has 0 saturated carbocycles. The Labute approximate surface area is 122 Å². The zero-order valence-electron chi connectivity index (χ0n) is 11.4. The summed E-state index contributed by atoms with van der Waals surface area (Å²) in [5, 5.41) is 3.15. The lowest BCUT2D eigenvalue weighted by atomic mass is 10.1. The van der Waals surface area contributed by atoms with E-state index < -0.39 is 0 Å². The van der Waals surface area contributed by atoms with E-state index in [1.165, 1.54) is 17.8 Å². The topological polar surface area (TPSA) is 53.6 Å². The lowest BCUT2D eigenvalue weighted by molar-refractivity contribution is 0.619. The average molecular weight is 282 g/mol. The summed E-state index contributed by atoms with van der Waals surface area (Å²) in [6.45, 7) is 0.495. The lowest BCUT2D eigenvalue weighted by Gasteiger charge is -2.06. The van der Waals surface area contributed by atoms with Gasteiger partial charge in [-0.15, -0.1) is 0 Å². The van der Waals surface area contributed by atoms with Crippen molar-refractivity contribution in [3.63, 3.8) is 0 Å². The maximum absolute atomic E-state index is 13.0. The van der Waals surface area contributed by atoms with Crippen molar-refractivity contribution in [2.75, 3.05) is 5.32 Å². The Kier molecular flexibility index (Phi) is 3.91. The number of halogens is 1. The fourth-order valence-electron chi connectivity index (χ4n) is 2.08. The molecule has 0 atom stereocenters. The third-order valence-electron chi connectivity index (χ3n) is 3.13. The number of pyridine rings is 2. The van der Waals surface area contributed by atoms with Gasteiger partial charge in [0.25, 0.3) is 0 Å². The predicted molar refractivity (Wildman–Crippen MR) is 79.4 cm³/mol. The normalized spacial score (nSPS) is 10.5. The number of aromatic nitrogens is 3. The van der Waals surface area contributed by atoms with Crippen LogP contribution in [-0.2, 0) is 13.0 Å². The molecular formula is C16H15FN4. The first-order valence-electron chi connectivity index (χ1n) is 6.69. The second-order valence-corrected chi connectivity index (χ2v) is 4.81. The monoisotopic (exact) mass is 282 g/mol. The average Bonchev–Trinajstić information content (AvgIpc) is 3.00. The van der Waals surface area contributed by atoms with Gasteiger partial charge in [-0.3, -0.25) is 4.98 Å². The number of anilines is 1. The Balaban J connectivity index is 1.59. The van der Waals surface area contributed by atoms with Crippen LogP contribution in [0.3, 0.4) is 0 Å². The summed E-state index contributed by atoms with van der Waals surface area (Å²) in [6, 6.07) is 7.46. The fourth-order valence-corrected chi connectivity index (χ4v) is 2.08. The standard InChI is InChI=1S/C16H15FN4/c17-15-6-14(8-19-11-15)10-21-16-2-1-12(9-20-16)5-13-3-4-18-7-13/h1-4,6-9,11,18H,5,10H2,(H,20,21). The first-order chi connectivity index (χ1) is 10.3. The SMILES string of the molecule is Fc1cncc(CNc2ccc(Cc3cc[nH]c3)cn2)c1. The summed E-state index contributed by atoms with van der Waals surface area (Å²) < 4.78 is 13.0. The smallest absolute Gasteiger partial charge is 0.141 e. The molecule has 3 aromatic rings. The van der Waals surface area contributed by atoms with Gasteiger partial charge in [0.05, 0.1) is 6.20 Å². The van der Waals surface area contributed by atoms with Gasteiger partial charge in [-0.1, -0.05) is 6.07 Å². The zero-order valence-corrected chi connectivity index (χ0v) is 11.4. The van der Waals surface area contributed by atoms with Crippen molar-refractivity contribution in [3.05, 3.63) is 77.8 Å². The summed E-state index contributed by atoms with van der Waals surface area (Å²) in [5.41, 5.74) is 3.16. The Morgan fingerprint density at radius 3 is 2.71 bits per heavy atom. The molecule has 0 radical (unpaired) electrons. The van der Waals surface area contributed by atoms with Crippen molar-refractivity contribution in [1.82, 2.24) is 15.0 Å². The molecule has 3 aromatic heterocycles. The van der Waals surface area contributed by atoms with Crippen LogP contribution < -0.4 is 5.32 Å². The Morgan fingerprint density at radius 2 is 2.00 bits per heavy atom. The highest BCUT2D eigenvalue weighted by Gasteiger charge is 2.00. The number of H-pyrrole nitrogens is 1. The third kappa shape index (κ3) is 3.66. The molecule has 5 heteroatoms. The molecule has 0 aliphatic heterocycles. The number of nitrogens with one attached hydrogen (secondary N) is 2. The number of nitrogens with zero attached hydrogens (tertiary/aromatic N) is 2. The van der Waals surface area contributed by atoms with Gasteiger partial charge in [0.15, 0.2) is 0 Å². The number of hydrogen-bond donors (Lipinski definition) is 2. The Morgan fingerprint density at radius 1 is 1.05 bits per heavy atom. The van der Waals surface area contributed by atoms with Crippen molar-refractivity contribution in [3.8, 4) is 0 Å². The van der Waals surface area contributed by atoms with Crippen LogP contribution in [0, 0.1) is 5.82 Å². The van der Waals surface area contributed by atoms with Crippen molar-refractivity contribution in [2.24, 2.45) is 0 Å². The van der Waals surface area contributed by atoms with E-state index in [9.17, 15) is 4.39 Å². The highest BCUT2D eigenvalue weighted by atomic mass is 19.1. The number of rotatable bonds is 5. The highest BCUT2D eigenvalue weighted by molar-refractivity contribution is 5.37. The summed E-state index contributed by atoms with van der Waals surface area (Å²) in [7, 11) is 0. The van der Waals surface area contributed by atoms with Crippen LogP contribution in [0.4, 0.5) is 10.2 Å². The lowest BCUT2D eigenvalue weighted by Crippen LogP contribution is -2.02. The molecule has 3 rings (SSSR count). The zero-order chi connectivity index (χ0) is 14.5. The number of hydrogen-bond acceptors (Lipinski definition) is 3. The Hall–Kier alpha value is -2.69. The van der Waals surface area contributed by atoms with Gasteiger partial charge < -0.3 is 10.3 Å². The molecule has 0 amide bonds. The van der Waals surface area contributed by atoms with Crippen LogP contribution in [-0.4, -0.2) is 15.0 Å². The minimum atomic E-state index is -0.330. The van der Waals surface area contributed by atoms with E-state index in [-0.39, 0.29) is 5.82 Å².